The molecule has 5 N–H and O–H groups in total. The fourth-order valence-electron chi connectivity index (χ4n) is 4.37. The van der Waals surface area contributed by atoms with Crippen LogP contribution in [-0.4, -0.2) is 23.2 Å². The molecule has 0 aromatic heterocycles. The van der Waals surface area contributed by atoms with Crippen molar-refractivity contribution in [3.8, 4) is 11.1 Å². The minimum absolute atomic E-state index is 0.195. The van der Waals surface area contributed by atoms with Crippen LogP contribution in [-0.2, 0) is 10.2 Å². The lowest BCUT2D eigenvalue weighted by atomic mass is 9.60. The van der Waals surface area contributed by atoms with Crippen LogP contribution in [0.2, 0.25) is 0 Å². The molecular weight excluding hydrogens is 324 g/mol. The van der Waals surface area contributed by atoms with E-state index in [1.165, 1.54) is 0 Å². The molecule has 4 heteroatoms. The fourth-order valence-corrected chi connectivity index (χ4v) is 4.37. The molecule has 0 saturated carbocycles. The topological polar surface area (TPSA) is 89.3 Å². The van der Waals surface area contributed by atoms with Crippen molar-refractivity contribution in [3.05, 3.63) is 95.6 Å². The number of benzene rings is 3. The summed E-state index contributed by atoms with van der Waals surface area (Å²) in [7, 11) is 0. The first-order chi connectivity index (χ1) is 12.6. The molecule has 0 aliphatic heterocycles. The molecule has 26 heavy (non-hydrogen) atoms. The van der Waals surface area contributed by atoms with Crippen LogP contribution < -0.4 is 11.5 Å². The van der Waals surface area contributed by atoms with E-state index in [-0.39, 0.29) is 6.54 Å². The summed E-state index contributed by atoms with van der Waals surface area (Å²) in [6.07, 6.45) is 0. The first kappa shape index (κ1) is 16.5. The van der Waals surface area contributed by atoms with Gasteiger partial charge in [-0.2, -0.15) is 0 Å². The number of hydrogen-bond donors (Lipinski definition) is 3. The molecule has 0 bridgehead atoms. The first-order valence-electron chi connectivity index (χ1n) is 8.54. The third kappa shape index (κ3) is 1.88. The lowest BCUT2D eigenvalue weighted by molar-refractivity contribution is -0.144. The number of carboxylic acid groups (broad SMARTS) is 1. The van der Waals surface area contributed by atoms with Crippen molar-refractivity contribution in [2.45, 2.75) is 11.0 Å². The number of carboxylic acids is 1. The van der Waals surface area contributed by atoms with E-state index in [4.69, 9.17) is 11.5 Å². The highest BCUT2D eigenvalue weighted by Crippen LogP contribution is 2.56. The summed E-state index contributed by atoms with van der Waals surface area (Å²) in [6, 6.07) is 25.3. The summed E-state index contributed by atoms with van der Waals surface area (Å²) in [5.74, 6) is -1.12. The van der Waals surface area contributed by atoms with E-state index >= 15 is 0 Å². The van der Waals surface area contributed by atoms with Gasteiger partial charge in [-0.15, -0.1) is 0 Å². The maximum Gasteiger partial charge on any atom is 0.326 e. The van der Waals surface area contributed by atoms with Crippen molar-refractivity contribution >= 4 is 5.97 Å². The quantitative estimate of drug-likeness (QED) is 0.679. The highest BCUT2D eigenvalue weighted by molar-refractivity contribution is 5.92. The monoisotopic (exact) mass is 344 g/mol. The van der Waals surface area contributed by atoms with Crippen molar-refractivity contribution in [1.29, 1.82) is 0 Å². The molecule has 4 nitrogen and oxygen atoms in total. The molecule has 0 saturated heterocycles. The van der Waals surface area contributed by atoms with Crippen molar-refractivity contribution in [3.63, 3.8) is 0 Å². The Labute approximate surface area is 152 Å². The Morgan fingerprint density at radius 3 is 1.77 bits per heavy atom. The van der Waals surface area contributed by atoms with Crippen molar-refractivity contribution < 1.29 is 9.90 Å². The Hall–Kier alpha value is -2.95. The minimum Gasteiger partial charge on any atom is -0.480 e. The Morgan fingerprint density at radius 1 is 0.846 bits per heavy atom. The largest absolute Gasteiger partial charge is 0.480 e. The van der Waals surface area contributed by atoms with E-state index < -0.39 is 16.9 Å². The summed E-state index contributed by atoms with van der Waals surface area (Å²) < 4.78 is 0. The van der Waals surface area contributed by atoms with Crippen LogP contribution in [0.4, 0.5) is 0 Å². The zero-order valence-corrected chi connectivity index (χ0v) is 14.2. The Balaban J connectivity index is 2.22. The van der Waals surface area contributed by atoms with E-state index in [0.717, 1.165) is 27.8 Å². The van der Waals surface area contributed by atoms with Crippen molar-refractivity contribution in [1.82, 2.24) is 0 Å². The summed E-state index contributed by atoms with van der Waals surface area (Å²) in [4.78, 5) is 12.4. The molecular formula is C22H20N2O2. The third-order valence-corrected chi connectivity index (χ3v) is 5.53. The van der Waals surface area contributed by atoms with Crippen LogP contribution in [0.25, 0.3) is 11.1 Å². The standard InChI is InChI=1S/C22H20N2O2/c23-14-21(24,20(25)26)22(15-8-2-1-3-9-15)18-12-6-4-10-16(18)17-11-5-7-13-19(17)22/h1-13H,14,23-24H2,(H,25,26). The summed E-state index contributed by atoms with van der Waals surface area (Å²) >= 11 is 0. The van der Waals surface area contributed by atoms with Gasteiger partial charge in [0.15, 0.2) is 0 Å². The van der Waals surface area contributed by atoms with E-state index in [9.17, 15) is 9.90 Å². The van der Waals surface area contributed by atoms with Crippen LogP contribution >= 0.6 is 0 Å². The van der Waals surface area contributed by atoms with Crippen molar-refractivity contribution in [2.24, 2.45) is 11.5 Å². The number of hydrogen-bond acceptors (Lipinski definition) is 3. The van der Waals surface area contributed by atoms with Crippen LogP contribution in [0.5, 0.6) is 0 Å². The lowest BCUT2D eigenvalue weighted by Gasteiger charge is -2.44. The van der Waals surface area contributed by atoms with Gasteiger partial charge in [0.1, 0.15) is 5.54 Å². The molecule has 3 aromatic carbocycles. The van der Waals surface area contributed by atoms with Crippen LogP contribution in [0.3, 0.4) is 0 Å². The summed E-state index contributed by atoms with van der Waals surface area (Å²) in [5.41, 5.74) is 14.4. The predicted molar refractivity (Wildman–Crippen MR) is 102 cm³/mol. The number of carbonyl (C=O) groups is 1. The highest BCUT2D eigenvalue weighted by Gasteiger charge is 2.60. The Morgan fingerprint density at radius 2 is 1.31 bits per heavy atom. The highest BCUT2D eigenvalue weighted by atomic mass is 16.4. The van der Waals surface area contributed by atoms with Gasteiger partial charge >= 0.3 is 5.97 Å². The molecule has 0 fully saturated rings. The van der Waals surface area contributed by atoms with Crippen LogP contribution in [0.1, 0.15) is 16.7 Å². The number of aliphatic carboxylic acids is 1. The number of nitrogens with two attached hydrogens (primary N) is 2. The van der Waals surface area contributed by atoms with Crippen LogP contribution in [0.15, 0.2) is 78.9 Å². The molecule has 0 spiro atoms. The van der Waals surface area contributed by atoms with E-state index in [0.29, 0.717) is 0 Å². The second kappa shape index (κ2) is 5.80. The summed E-state index contributed by atoms with van der Waals surface area (Å²) in [6.45, 7) is -0.195. The zero-order chi connectivity index (χ0) is 18.4. The van der Waals surface area contributed by atoms with Gasteiger partial charge in [0.2, 0.25) is 0 Å². The van der Waals surface area contributed by atoms with Crippen LogP contribution in [0, 0.1) is 0 Å². The fraction of sp³-hybridized carbons (Fsp3) is 0.136. The maximum absolute atomic E-state index is 12.4. The van der Waals surface area contributed by atoms with E-state index in [1.807, 2.05) is 78.9 Å². The van der Waals surface area contributed by atoms with Gasteiger partial charge in [-0.25, -0.2) is 0 Å². The SMILES string of the molecule is NCC(N)(C(=O)O)C1(c2ccccc2)c2ccccc2-c2ccccc21. The van der Waals surface area contributed by atoms with E-state index in [1.54, 1.807) is 0 Å². The minimum atomic E-state index is -1.70. The second-order valence-electron chi connectivity index (χ2n) is 6.69. The molecule has 3 aromatic rings. The third-order valence-electron chi connectivity index (χ3n) is 5.53. The Kier molecular flexibility index (Phi) is 3.68. The molecule has 0 heterocycles. The smallest absolute Gasteiger partial charge is 0.326 e. The molecule has 1 aliphatic carbocycles. The molecule has 0 amide bonds. The van der Waals surface area contributed by atoms with Gasteiger partial charge in [0, 0.05) is 6.54 Å². The average Bonchev–Trinajstić information content (AvgIpc) is 3.00. The van der Waals surface area contributed by atoms with E-state index in [2.05, 4.69) is 0 Å². The predicted octanol–water partition coefficient (Wildman–Crippen LogP) is 2.74. The van der Waals surface area contributed by atoms with Gasteiger partial charge in [0.25, 0.3) is 0 Å². The number of fused-ring (bicyclic) bond motifs is 3. The van der Waals surface area contributed by atoms with Gasteiger partial charge in [-0.05, 0) is 27.8 Å². The molecule has 1 atom stereocenters. The lowest BCUT2D eigenvalue weighted by Crippen LogP contribution is -2.67. The maximum atomic E-state index is 12.4. The zero-order valence-electron chi connectivity index (χ0n) is 14.2. The Bertz CT molecular complexity index is 939. The molecule has 130 valence electrons. The second-order valence-corrected chi connectivity index (χ2v) is 6.69. The molecule has 0 radical (unpaired) electrons. The molecule has 1 unspecified atom stereocenters. The van der Waals surface area contributed by atoms with Crippen molar-refractivity contribution in [2.75, 3.05) is 6.54 Å². The van der Waals surface area contributed by atoms with Gasteiger partial charge in [-0.1, -0.05) is 78.9 Å². The number of rotatable bonds is 4. The van der Waals surface area contributed by atoms with Gasteiger partial charge < -0.3 is 16.6 Å². The summed E-state index contributed by atoms with van der Waals surface area (Å²) in [5, 5.41) is 10.2. The normalized spacial score (nSPS) is 16.4. The van der Waals surface area contributed by atoms with Gasteiger partial charge in [0.05, 0.1) is 5.41 Å². The first-order valence-corrected chi connectivity index (χ1v) is 8.54. The van der Waals surface area contributed by atoms with Gasteiger partial charge in [-0.3, -0.25) is 4.79 Å². The molecule has 1 aliphatic rings. The molecule has 4 rings (SSSR count). The average molecular weight is 344 g/mol.